The first-order valence-electron chi connectivity index (χ1n) is 4.00. The Hall–Kier alpha value is -1.23. The Kier molecular flexibility index (Phi) is 2.33. The molecule has 14 heavy (non-hydrogen) atoms. The third-order valence-corrected chi connectivity index (χ3v) is 2.30. The molecule has 0 amide bonds. The molecule has 5 heteroatoms. The van der Waals surface area contributed by atoms with Crippen molar-refractivity contribution < 1.29 is 4.39 Å². The first-order valence-corrected chi connectivity index (χ1v) is 4.79. The minimum atomic E-state index is -0.322. The van der Waals surface area contributed by atoms with E-state index >= 15 is 0 Å². The summed E-state index contributed by atoms with van der Waals surface area (Å²) in [6.45, 7) is 0. The van der Waals surface area contributed by atoms with Gasteiger partial charge in [-0.15, -0.1) is 0 Å². The lowest BCUT2D eigenvalue weighted by Crippen LogP contribution is -1.96. The number of nitrogens with one attached hydrogen (secondary N) is 1. The van der Waals surface area contributed by atoms with E-state index in [0.29, 0.717) is 21.3 Å². The van der Waals surface area contributed by atoms with Gasteiger partial charge in [-0.3, -0.25) is 0 Å². The van der Waals surface area contributed by atoms with Crippen molar-refractivity contribution in [3.8, 4) is 0 Å². The van der Waals surface area contributed by atoms with Gasteiger partial charge in [-0.2, -0.15) is 0 Å². The van der Waals surface area contributed by atoms with E-state index in [9.17, 15) is 4.39 Å². The van der Waals surface area contributed by atoms with E-state index in [1.165, 1.54) is 12.3 Å². The molecule has 0 aliphatic heterocycles. The second-order valence-electron chi connectivity index (χ2n) is 2.76. The van der Waals surface area contributed by atoms with Crippen molar-refractivity contribution in [3.63, 3.8) is 0 Å². The molecule has 0 spiro atoms. The van der Waals surface area contributed by atoms with Gasteiger partial charge in [0.2, 0.25) is 5.95 Å². The first kappa shape index (κ1) is 9.33. The number of benzene rings is 1. The van der Waals surface area contributed by atoms with Crippen LogP contribution in [0.5, 0.6) is 0 Å². The number of hydrogen-bond acceptors (Lipinski definition) is 3. The smallest absolute Gasteiger partial charge is 0.222 e. The van der Waals surface area contributed by atoms with Crippen molar-refractivity contribution in [1.29, 1.82) is 0 Å². The fourth-order valence-electron chi connectivity index (χ4n) is 1.18. The summed E-state index contributed by atoms with van der Waals surface area (Å²) in [5.41, 5.74) is 0.580. The van der Waals surface area contributed by atoms with Crippen molar-refractivity contribution in [3.05, 3.63) is 28.6 Å². The lowest BCUT2D eigenvalue weighted by Gasteiger charge is -2.02. The second kappa shape index (κ2) is 3.49. The number of anilines is 1. The molecule has 0 atom stereocenters. The van der Waals surface area contributed by atoms with Crippen molar-refractivity contribution in [1.82, 2.24) is 9.97 Å². The number of aromatic nitrogens is 2. The molecule has 0 aliphatic carbocycles. The van der Waals surface area contributed by atoms with Crippen LogP contribution in [0.25, 0.3) is 10.9 Å². The van der Waals surface area contributed by atoms with E-state index in [-0.39, 0.29) is 5.82 Å². The minimum absolute atomic E-state index is 0.322. The van der Waals surface area contributed by atoms with Gasteiger partial charge in [0.1, 0.15) is 5.82 Å². The van der Waals surface area contributed by atoms with E-state index in [4.69, 9.17) is 0 Å². The van der Waals surface area contributed by atoms with E-state index in [0.717, 1.165) is 0 Å². The maximum absolute atomic E-state index is 13.4. The third kappa shape index (κ3) is 1.55. The summed E-state index contributed by atoms with van der Waals surface area (Å²) in [5.74, 6) is 0.159. The van der Waals surface area contributed by atoms with Gasteiger partial charge in [0.25, 0.3) is 0 Å². The highest BCUT2D eigenvalue weighted by molar-refractivity contribution is 9.10. The molecule has 1 N–H and O–H groups in total. The number of halogens is 2. The van der Waals surface area contributed by atoms with Crippen LogP contribution in [-0.4, -0.2) is 17.0 Å². The third-order valence-electron chi connectivity index (χ3n) is 1.84. The highest BCUT2D eigenvalue weighted by Crippen LogP contribution is 2.21. The molecule has 0 unspecified atom stereocenters. The Labute approximate surface area is 88.5 Å². The summed E-state index contributed by atoms with van der Waals surface area (Å²) in [6, 6.07) is 3.14. The lowest BCUT2D eigenvalue weighted by molar-refractivity contribution is 0.638. The molecule has 0 saturated heterocycles. The average Bonchev–Trinajstić information content (AvgIpc) is 2.16. The monoisotopic (exact) mass is 255 g/mol. The van der Waals surface area contributed by atoms with Gasteiger partial charge in [-0.05, 0) is 12.1 Å². The van der Waals surface area contributed by atoms with Crippen LogP contribution in [0.3, 0.4) is 0 Å². The molecule has 1 aromatic carbocycles. The lowest BCUT2D eigenvalue weighted by atomic mass is 10.2. The van der Waals surface area contributed by atoms with Crippen LogP contribution in [0.1, 0.15) is 0 Å². The molecule has 72 valence electrons. The molecule has 1 aromatic heterocycles. The zero-order chi connectivity index (χ0) is 10.1. The van der Waals surface area contributed by atoms with Gasteiger partial charge in [0, 0.05) is 17.7 Å². The van der Waals surface area contributed by atoms with Gasteiger partial charge in [-0.1, -0.05) is 15.9 Å². The molecular formula is C9H7BrFN3. The fourth-order valence-corrected chi connectivity index (χ4v) is 1.60. The second-order valence-corrected chi connectivity index (χ2v) is 3.68. The molecule has 2 aromatic rings. The predicted molar refractivity (Wildman–Crippen MR) is 56.7 cm³/mol. The molecule has 0 bridgehead atoms. The summed E-state index contributed by atoms with van der Waals surface area (Å²) >= 11 is 3.21. The average molecular weight is 256 g/mol. The van der Waals surface area contributed by atoms with Gasteiger partial charge < -0.3 is 5.32 Å². The van der Waals surface area contributed by atoms with E-state index in [1.807, 2.05) is 0 Å². The van der Waals surface area contributed by atoms with E-state index < -0.39 is 0 Å². The van der Waals surface area contributed by atoms with Gasteiger partial charge in [0.15, 0.2) is 0 Å². The Morgan fingerprint density at radius 3 is 2.93 bits per heavy atom. The number of rotatable bonds is 1. The molecule has 1 heterocycles. The van der Waals surface area contributed by atoms with Crippen molar-refractivity contribution in [2.24, 2.45) is 0 Å². The van der Waals surface area contributed by atoms with Crippen LogP contribution in [0.2, 0.25) is 0 Å². The Balaban J connectivity index is 2.75. The molecule has 0 fully saturated rings. The Morgan fingerprint density at radius 1 is 1.43 bits per heavy atom. The quantitative estimate of drug-likeness (QED) is 0.852. The van der Waals surface area contributed by atoms with Crippen LogP contribution in [-0.2, 0) is 0 Å². The summed E-state index contributed by atoms with van der Waals surface area (Å²) in [6.07, 6.45) is 1.47. The topological polar surface area (TPSA) is 37.8 Å². The zero-order valence-electron chi connectivity index (χ0n) is 7.38. The first-order chi connectivity index (χ1) is 6.70. The molecule has 0 aliphatic rings. The van der Waals surface area contributed by atoms with Gasteiger partial charge >= 0.3 is 0 Å². The van der Waals surface area contributed by atoms with Crippen LogP contribution in [0.4, 0.5) is 10.3 Å². The molecule has 0 saturated carbocycles. The number of nitrogens with zero attached hydrogens (tertiary/aromatic N) is 2. The van der Waals surface area contributed by atoms with Crippen molar-refractivity contribution >= 4 is 32.8 Å². The number of hydrogen-bond donors (Lipinski definition) is 1. The van der Waals surface area contributed by atoms with Gasteiger partial charge in [-0.25, -0.2) is 14.4 Å². The molecule has 2 rings (SSSR count). The molecule has 3 nitrogen and oxygen atoms in total. The van der Waals surface area contributed by atoms with Crippen LogP contribution in [0, 0.1) is 5.82 Å². The number of fused-ring (bicyclic) bond motifs is 1. The maximum Gasteiger partial charge on any atom is 0.222 e. The predicted octanol–water partition coefficient (Wildman–Crippen LogP) is 2.57. The molecule has 0 radical (unpaired) electrons. The van der Waals surface area contributed by atoms with E-state index in [1.54, 1.807) is 13.1 Å². The van der Waals surface area contributed by atoms with Crippen LogP contribution >= 0.6 is 15.9 Å². The van der Waals surface area contributed by atoms with Crippen LogP contribution in [0.15, 0.2) is 22.8 Å². The standard InChI is InChI=1S/C9H7BrFN3/c1-12-9-13-4-6-7(11)2-5(10)3-8(6)14-9/h2-4H,1H3,(H,12,13,14). The summed E-state index contributed by atoms with van der Waals surface area (Å²) in [7, 11) is 1.72. The van der Waals surface area contributed by atoms with Gasteiger partial charge in [0.05, 0.1) is 10.9 Å². The zero-order valence-corrected chi connectivity index (χ0v) is 8.97. The normalized spacial score (nSPS) is 10.5. The Bertz CT molecular complexity index is 487. The van der Waals surface area contributed by atoms with Crippen molar-refractivity contribution in [2.75, 3.05) is 12.4 Å². The fraction of sp³-hybridized carbons (Fsp3) is 0.111. The SMILES string of the molecule is CNc1ncc2c(F)cc(Br)cc2n1. The van der Waals surface area contributed by atoms with E-state index in [2.05, 4.69) is 31.2 Å². The summed E-state index contributed by atoms with van der Waals surface area (Å²) in [5, 5.41) is 3.22. The summed E-state index contributed by atoms with van der Waals surface area (Å²) in [4.78, 5) is 8.06. The highest BCUT2D eigenvalue weighted by atomic mass is 79.9. The molecular weight excluding hydrogens is 249 g/mol. The van der Waals surface area contributed by atoms with Crippen molar-refractivity contribution in [2.45, 2.75) is 0 Å². The Morgan fingerprint density at radius 2 is 2.21 bits per heavy atom. The highest BCUT2D eigenvalue weighted by Gasteiger charge is 2.04. The maximum atomic E-state index is 13.4. The summed E-state index contributed by atoms with van der Waals surface area (Å²) < 4.78 is 14.0. The minimum Gasteiger partial charge on any atom is -0.357 e. The largest absolute Gasteiger partial charge is 0.357 e. The van der Waals surface area contributed by atoms with Crippen LogP contribution < -0.4 is 5.32 Å².